The molecule has 0 bridgehead atoms. The van der Waals surface area contributed by atoms with Crippen LogP contribution in [0, 0.1) is 17.8 Å². The largest absolute Gasteiger partial charge is 0.0654 e. The van der Waals surface area contributed by atoms with Crippen LogP contribution in [0.2, 0.25) is 0 Å². The van der Waals surface area contributed by atoms with Gasteiger partial charge in [0.05, 0.1) is 0 Å². The summed E-state index contributed by atoms with van der Waals surface area (Å²) in [7, 11) is 0. The fraction of sp³-hybridized carbons (Fsp3) is 0.684. The highest BCUT2D eigenvalue weighted by atomic mass is 14.3. The summed E-state index contributed by atoms with van der Waals surface area (Å²) in [5.74, 6) is 3.82. The zero-order valence-electron chi connectivity index (χ0n) is 25.1. The summed E-state index contributed by atoms with van der Waals surface area (Å²) >= 11 is 0. The van der Waals surface area contributed by atoms with Crippen LogP contribution in [0.1, 0.15) is 151 Å². The molecule has 0 unspecified atom stereocenters. The van der Waals surface area contributed by atoms with E-state index in [1.54, 1.807) is 11.1 Å². The third-order valence-corrected chi connectivity index (χ3v) is 10.3. The van der Waals surface area contributed by atoms with Crippen LogP contribution in [0.25, 0.3) is 0 Å². The lowest BCUT2D eigenvalue weighted by Crippen LogP contribution is -2.15. The first kappa shape index (κ1) is 29.4. The van der Waals surface area contributed by atoms with Crippen LogP contribution < -0.4 is 0 Å². The second-order valence-corrected chi connectivity index (χ2v) is 13.2. The van der Waals surface area contributed by atoms with Gasteiger partial charge in [0.1, 0.15) is 0 Å². The van der Waals surface area contributed by atoms with Gasteiger partial charge in [-0.15, -0.1) is 0 Å². The number of rotatable bonds is 15. The highest BCUT2D eigenvalue weighted by molar-refractivity contribution is 5.28. The Kier molecular flexibility index (Phi) is 12.8. The lowest BCUT2D eigenvalue weighted by molar-refractivity contribution is 0.249. The fourth-order valence-electron chi connectivity index (χ4n) is 7.45. The van der Waals surface area contributed by atoms with Gasteiger partial charge >= 0.3 is 0 Å². The molecule has 0 amide bonds. The lowest BCUT2D eigenvalue weighted by atomic mass is 9.77. The van der Waals surface area contributed by atoms with E-state index in [-0.39, 0.29) is 0 Å². The van der Waals surface area contributed by atoms with Gasteiger partial charge in [0.2, 0.25) is 0 Å². The Morgan fingerprint density at radius 2 is 0.842 bits per heavy atom. The van der Waals surface area contributed by atoms with Crippen molar-refractivity contribution in [3.63, 3.8) is 0 Å². The topological polar surface area (TPSA) is 0 Å². The molecule has 2 fully saturated rings. The maximum Gasteiger partial charge on any atom is -0.0162 e. The molecule has 0 atom stereocenters. The molecule has 2 aliphatic rings. The highest BCUT2D eigenvalue weighted by Gasteiger charge is 2.22. The summed E-state index contributed by atoms with van der Waals surface area (Å²) in [4.78, 5) is 0. The molecular weight excluding hydrogens is 456 g/mol. The van der Waals surface area contributed by atoms with Crippen LogP contribution >= 0.6 is 0 Å². The molecule has 210 valence electrons. The molecule has 0 heterocycles. The average Bonchev–Trinajstić information content (AvgIpc) is 2.97. The van der Waals surface area contributed by atoms with Gasteiger partial charge in [0.25, 0.3) is 0 Å². The standard InChI is InChI=1S/C38H58/c1-3-5-7-9-31-11-13-33(14-12-31)15-16-34-17-19-35(20-18-34)21-22-36-25-29-38(30-26-36)37-27-23-32(24-28-37)10-8-6-4-2/h17-20,25-26,29-33,37H,3-16,21-24,27-28H2,1-2H3/t31-,32-,33-,37-. The second kappa shape index (κ2) is 16.5. The predicted octanol–water partition coefficient (Wildman–Crippen LogP) is 11.6. The fourth-order valence-corrected chi connectivity index (χ4v) is 7.45. The second-order valence-electron chi connectivity index (χ2n) is 13.2. The average molecular weight is 515 g/mol. The van der Waals surface area contributed by atoms with E-state index in [0.29, 0.717) is 0 Å². The third-order valence-electron chi connectivity index (χ3n) is 10.3. The summed E-state index contributed by atoms with van der Waals surface area (Å²) in [5.41, 5.74) is 6.13. The van der Waals surface area contributed by atoms with Crippen molar-refractivity contribution in [1.29, 1.82) is 0 Å². The van der Waals surface area contributed by atoms with Gasteiger partial charge in [-0.05, 0) is 97.3 Å². The number of benzene rings is 2. The van der Waals surface area contributed by atoms with Crippen molar-refractivity contribution in [3.05, 3.63) is 70.8 Å². The monoisotopic (exact) mass is 514 g/mol. The van der Waals surface area contributed by atoms with Crippen molar-refractivity contribution in [1.82, 2.24) is 0 Å². The maximum absolute atomic E-state index is 2.44. The van der Waals surface area contributed by atoms with Gasteiger partial charge in [0.15, 0.2) is 0 Å². The van der Waals surface area contributed by atoms with Crippen LogP contribution in [0.4, 0.5) is 0 Å². The minimum Gasteiger partial charge on any atom is -0.0654 e. The molecule has 2 aromatic carbocycles. The van der Waals surface area contributed by atoms with Gasteiger partial charge in [0, 0.05) is 0 Å². The molecule has 0 heteroatoms. The minimum absolute atomic E-state index is 0.805. The van der Waals surface area contributed by atoms with Crippen LogP contribution in [-0.4, -0.2) is 0 Å². The van der Waals surface area contributed by atoms with Gasteiger partial charge in [-0.1, -0.05) is 139 Å². The Balaban J connectivity index is 1.12. The molecule has 0 radical (unpaired) electrons. The molecule has 2 aliphatic carbocycles. The summed E-state index contributed by atoms with van der Waals surface area (Å²) in [5, 5.41) is 0. The Bertz CT molecular complexity index is 859. The summed E-state index contributed by atoms with van der Waals surface area (Å²) in [6, 6.07) is 19.3. The van der Waals surface area contributed by atoms with Gasteiger partial charge in [-0.2, -0.15) is 0 Å². The van der Waals surface area contributed by atoms with E-state index in [0.717, 1.165) is 36.5 Å². The molecule has 2 aromatic rings. The molecule has 0 saturated heterocycles. The normalized spacial score (nSPS) is 23.9. The maximum atomic E-state index is 2.44. The van der Waals surface area contributed by atoms with Crippen LogP contribution in [0.3, 0.4) is 0 Å². The predicted molar refractivity (Wildman–Crippen MR) is 167 cm³/mol. The van der Waals surface area contributed by atoms with Crippen LogP contribution in [0.15, 0.2) is 48.5 Å². The SMILES string of the molecule is CCCCC[C@H]1CC[C@H](CCc2ccc(CCc3ccc([C@H]4CC[C@H](CCCCC)CC4)cc3)cc2)CC1. The molecule has 0 nitrogen and oxygen atoms in total. The first-order chi connectivity index (χ1) is 18.7. The zero-order valence-corrected chi connectivity index (χ0v) is 25.1. The van der Waals surface area contributed by atoms with E-state index in [1.807, 2.05) is 0 Å². The molecule has 2 saturated carbocycles. The molecule has 0 aromatic heterocycles. The van der Waals surface area contributed by atoms with E-state index < -0.39 is 0 Å². The Labute approximate surface area is 236 Å². The van der Waals surface area contributed by atoms with Crippen LogP contribution in [-0.2, 0) is 19.3 Å². The molecule has 0 aliphatic heterocycles. The van der Waals surface area contributed by atoms with Crippen molar-refractivity contribution >= 4 is 0 Å². The third kappa shape index (κ3) is 9.88. The van der Waals surface area contributed by atoms with Crippen molar-refractivity contribution in [2.45, 2.75) is 148 Å². The van der Waals surface area contributed by atoms with E-state index in [1.165, 1.54) is 127 Å². The minimum atomic E-state index is 0.805. The number of hydrogen-bond donors (Lipinski definition) is 0. The summed E-state index contributed by atoms with van der Waals surface area (Å²) < 4.78 is 0. The van der Waals surface area contributed by atoms with E-state index >= 15 is 0 Å². The van der Waals surface area contributed by atoms with Crippen molar-refractivity contribution < 1.29 is 0 Å². The number of hydrogen-bond acceptors (Lipinski definition) is 0. The van der Waals surface area contributed by atoms with Crippen molar-refractivity contribution in [2.24, 2.45) is 17.8 Å². The molecule has 0 N–H and O–H groups in total. The summed E-state index contributed by atoms with van der Waals surface area (Å²) in [6.45, 7) is 4.64. The van der Waals surface area contributed by atoms with Crippen molar-refractivity contribution in [3.8, 4) is 0 Å². The van der Waals surface area contributed by atoms with Gasteiger partial charge in [-0.3, -0.25) is 0 Å². The lowest BCUT2D eigenvalue weighted by Gasteiger charge is -2.29. The molecule has 4 rings (SSSR count). The zero-order chi connectivity index (χ0) is 26.4. The van der Waals surface area contributed by atoms with Crippen molar-refractivity contribution in [2.75, 3.05) is 0 Å². The van der Waals surface area contributed by atoms with E-state index in [4.69, 9.17) is 0 Å². The van der Waals surface area contributed by atoms with E-state index in [2.05, 4.69) is 62.4 Å². The number of unbranched alkanes of at least 4 members (excludes halogenated alkanes) is 4. The molecule has 38 heavy (non-hydrogen) atoms. The Morgan fingerprint density at radius 3 is 1.32 bits per heavy atom. The first-order valence-electron chi connectivity index (χ1n) is 16.9. The first-order valence-corrected chi connectivity index (χ1v) is 16.9. The van der Waals surface area contributed by atoms with E-state index in [9.17, 15) is 0 Å². The molecule has 0 spiro atoms. The Hall–Kier alpha value is -1.56. The summed E-state index contributed by atoms with van der Waals surface area (Å²) in [6.07, 6.45) is 28.1. The Morgan fingerprint density at radius 1 is 0.447 bits per heavy atom. The van der Waals surface area contributed by atoms with Gasteiger partial charge < -0.3 is 0 Å². The quantitative estimate of drug-likeness (QED) is 0.207. The number of aryl methyl sites for hydroxylation is 3. The smallest absolute Gasteiger partial charge is 0.0162 e. The molecular formula is C38H58. The highest BCUT2D eigenvalue weighted by Crippen LogP contribution is 2.38. The van der Waals surface area contributed by atoms with Gasteiger partial charge in [-0.25, -0.2) is 0 Å². The van der Waals surface area contributed by atoms with Crippen LogP contribution in [0.5, 0.6) is 0 Å².